The molecule has 0 spiro atoms. The Hall–Kier alpha value is -2.39. The number of hydrogen-bond donors (Lipinski definition) is 2. The minimum Gasteiger partial charge on any atom is -0.364 e. The monoisotopic (exact) mass is 390 g/mol. The van der Waals surface area contributed by atoms with Crippen LogP contribution in [-0.2, 0) is 6.54 Å². The lowest BCUT2D eigenvalue weighted by Crippen LogP contribution is -2.52. The van der Waals surface area contributed by atoms with Crippen LogP contribution in [0.1, 0.15) is 21.8 Å². The third kappa shape index (κ3) is 5.80. The molecule has 1 amide bonds. The van der Waals surface area contributed by atoms with Crippen molar-refractivity contribution in [3.63, 3.8) is 0 Å². The third-order valence-corrected chi connectivity index (χ3v) is 5.30. The Morgan fingerprint density at radius 3 is 2.74 bits per heavy atom. The summed E-state index contributed by atoms with van der Waals surface area (Å²) in [6.45, 7) is 6.01. The lowest BCUT2D eigenvalue weighted by Gasteiger charge is -2.36. The van der Waals surface area contributed by atoms with Gasteiger partial charge in [-0.25, -0.2) is 0 Å². The van der Waals surface area contributed by atoms with Crippen LogP contribution in [0, 0.1) is 0 Å². The van der Waals surface area contributed by atoms with E-state index in [1.807, 2.05) is 30.6 Å². The summed E-state index contributed by atoms with van der Waals surface area (Å²) in [6.07, 6.45) is 2.46. The Morgan fingerprint density at radius 1 is 1.26 bits per heavy atom. The van der Waals surface area contributed by atoms with Crippen molar-refractivity contribution in [2.75, 3.05) is 46.3 Å². The van der Waals surface area contributed by atoms with Crippen molar-refractivity contribution in [2.45, 2.75) is 13.0 Å². The van der Waals surface area contributed by atoms with Gasteiger partial charge in [-0.1, -0.05) is 11.2 Å². The molecule has 1 saturated heterocycles. The molecule has 0 unspecified atom stereocenters. The second-order valence-electron chi connectivity index (χ2n) is 6.31. The number of nitrogens with zero attached hydrogens (tertiary/aromatic N) is 4. The van der Waals surface area contributed by atoms with Crippen molar-refractivity contribution < 1.29 is 9.32 Å². The molecule has 146 valence electrons. The molecule has 8 nitrogen and oxygen atoms in total. The van der Waals surface area contributed by atoms with Crippen molar-refractivity contribution in [1.29, 1.82) is 0 Å². The van der Waals surface area contributed by atoms with E-state index >= 15 is 0 Å². The van der Waals surface area contributed by atoms with Gasteiger partial charge in [0.05, 0.1) is 10.6 Å². The highest BCUT2D eigenvalue weighted by Crippen LogP contribution is 2.08. The zero-order chi connectivity index (χ0) is 18.9. The summed E-state index contributed by atoms with van der Waals surface area (Å²) < 4.78 is 4.89. The Kier molecular flexibility index (Phi) is 7.23. The maximum atomic E-state index is 11.9. The number of nitrogens with one attached hydrogen (secondary N) is 2. The van der Waals surface area contributed by atoms with Gasteiger partial charge in [-0.2, -0.15) is 0 Å². The highest BCUT2D eigenvalue weighted by molar-refractivity contribution is 7.12. The van der Waals surface area contributed by atoms with Gasteiger partial charge in [0, 0.05) is 58.9 Å². The molecule has 0 atom stereocenters. The minimum atomic E-state index is -0.00221. The van der Waals surface area contributed by atoms with E-state index in [1.54, 1.807) is 6.26 Å². The summed E-state index contributed by atoms with van der Waals surface area (Å²) in [4.78, 5) is 21.7. The molecule has 2 N–H and O–H groups in total. The van der Waals surface area contributed by atoms with Gasteiger partial charge in [-0.15, -0.1) is 11.3 Å². The Labute approximate surface area is 163 Å². The first kappa shape index (κ1) is 19.4. The van der Waals surface area contributed by atoms with Crippen LogP contribution in [0.25, 0.3) is 0 Å². The number of amides is 1. The molecule has 1 aliphatic heterocycles. The van der Waals surface area contributed by atoms with E-state index in [2.05, 4.69) is 30.6 Å². The summed E-state index contributed by atoms with van der Waals surface area (Å²) in [5.41, 5.74) is 0.968. The summed E-state index contributed by atoms with van der Waals surface area (Å²) in [6, 6.07) is 5.63. The number of carbonyl (C=O) groups excluding carboxylic acids is 1. The fourth-order valence-electron chi connectivity index (χ4n) is 2.98. The van der Waals surface area contributed by atoms with Gasteiger partial charge >= 0.3 is 0 Å². The second kappa shape index (κ2) is 10.1. The molecular formula is C18H26N6O2S. The predicted molar refractivity (Wildman–Crippen MR) is 106 cm³/mol. The van der Waals surface area contributed by atoms with E-state index in [-0.39, 0.29) is 5.91 Å². The highest BCUT2D eigenvalue weighted by Gasteiger charge is 2.20. The normalized spacial score (nSPS) is 15.7. The number of hydrogen-bond acceptors (Lipinski definition) is 6. The first-order chi connectivity index (χ1) is 13.3. The minimum absolute atomic E-state index is 0.00221. The topological polar surface area (TPSA) is 86.0 Å². The molecule has 0 aliphatic carbocycles. The van der Waals surface area contributed by atoms with Crippen LogP contribution in [0.2, 0.25) is 0 Å². The lowest BCUT2D eigenvalue weighted by molar-refractivity contribution is 0.0957. The van der Waals surface area contributed by atoms with Gasteiger partial charge in [0.25, 0.3) is 5.91 Å². The molecule has 0 radical (unpaired) electrons. The summed E-state index contributed by atoms with van der Waals surface area (Å²) >= 11 is 1.46. The number of aliphatic imine (C=N–C) groups is 1. The number of aromatic nitrogens is 1. The smallest absolute Gasteiger partial charge is 0.261 e. The first-order valence-corrected chi connectivity index (χ1v) is 10.0. The summed E-state index contributed by atoms with van der Waals surface area (Å²) in [5, 5.41) is 12.2. The Morgan fingerprint density at radius 2 is 2.07 bits per heavy atom. The standard InChI is InChI=1S/C18H26N6O2S/c1-19-18(21-7-3-6-20-17(25)16-4-2-13-27-16)24-10-8-23(9-11-24)14-15-5-12-26-22-15/h2,4-5,12-13H,3,6-11,14H2,1H3,(H,19,21)(H,20,25). The van der Waals surface area contributed by atoms with E-state index in [9.17, 15) is 4.79 Å². The SMILES string of the molecule is CN=C(NCCCNC(=O)c1cccs1)N1CCN(Cc2ccon2)CC1. The highest BCUT2D eigenvalue weighted by atomic mass is 32.1. The van der Waals surface area contributed by atoms with Crippen LogP contribution in [0.15, 0.2) is 39.4 Å². The molecule has 1 aliphatic rings. The fourth-order valence-corrected chi connectivity index (χ4v) is 3.62. The summed E-state index contributed by atoms with van der Waals surface area (Å²) in [7, 11) is 1.81. The molecular weight excluding hydrogens is 364 g/mol. The molecule has 9 heteroatoms. The average Bonchev–Trinajstić information content (AvgIpc) is 3.39. The zero-order valence-electron chi connectivity index (χ0n) is 15.6. The number of thiophene rings is 1. The van der Waals surface area contributed by atoms with Crippen LogP contribution in [0.4, 0.5) is 0 Å². The molecule has 2 aromatic rings. The Bertz CT molecular complexity index is 708. The Balaban J connectivity index is 1.32. The third-order valence-electron chi connectivity index (χ3n) is 4.43. The number of carbonyl (C=O) groups is 1. The molecule has 3 rings (SSSR count). The predicted octanol–water partition coefficient (Wildman–Crippen LogP) is 1.25. The molecule has 0 saturated carbocycles. The van der Waals surface area contributed by atoms with Crippen LogP contribution in [-0.4, -0.2) is 73.1 Å². The molecule has 1 fully saturated rings. The maximum Gasteiger partial charge on any atom is 0.261 e. The molecule has 2 aromatic heterocycles. The van der Waals surface area contributed by atoms with Crippen molar-refractivity contribution in [3.8, 4) is 0 Å². The number of piperazine rings is 1. The van der Waals surface area contributed by atoms with E-state index in [1.165, 1.54) is 11.3 Å². The van der Waals surface area contributed by atoms with E-state index in [0.29, 0.717) is 6.54 Å². The van der Waals surface area contributed by atoms with Crippen LogP contribution < -0.4 is 10.6 Å². The quantitative estimate of drug-likeness (QED) is 0.420. The lowest BCUT2D eigenvalue weighted by atomic mass is 10.3. The van der Waals surface area contributed by atoms with Gasteiger partial charge in [-0.05, 0) is 17.9 Å². The largest absolute Gasteiger partial charge is 0.364 e. The van der Waals surface area contributed by atoms with Crippen LogP contribution >= 0.6 is 11.3 Å². The zero-order valence-corrected chi connectivity index (χ0v) is 16.4. The van der Waals surface area contributed by atoms with Gasteiger partial charge in [0.1, 0.15) is 6.26 Å². The maximum absolute atomic E-state index is 11.9. The average molecular weight is 391 g/mol. The van der Waals surface area contributed by atoms with Gasteiger partial charge < -0.3 is 20.1 Å². The number of rotatable bonds is 7. The van der Waals surface area contributed by atoms with Crippen molar-refractivity contribution in [1.82, 2.24) is 25.6 Å². The van der Waals surface area contributed by atoms with E-state index < -0.39 is 0 Å². The number of guanidine groups is 1. The molecule has 27 heavy (non-hydrogen) atoms. The van der Waals surface area contributed by atoms with Gasteiger partial charge in [0.15, 0.2) is 5.96 Å². The van der Waals surface area contributed by atoms with E-state index in [0.717, 1.165) is 62.2 Å². The second-order valence-corrected chi connectivity index (χ2v) is 7.26. The molecule has 0 aromatic carbocycles. The van der Waals surface area contributed by atoms with Crippen molar-refractivity contribution in [3.05, 3.63) is 40.4 Å². The fraction of sp³-hybridized carbons (Fsp3) is 0.500. The van der Waals surface area contributed by atoms with Crippen molar-refractivity contribution >= 4 is 23.2 Å². The van der Waals surface area contributed by atoms with E-state index in [4.69, 9.17) is 4.52 Å². The summed E-state index contributed by atoms with van der Waals surface area (Å²) in [5.74, 6) is 0.915. The van der Waals surface area contributed by atoms with Gasteiger partial charge in [0.2, 0.25) is 0 Å². The van der Waals surface area contributed by atoms with Crippen molar-refractivity contribution in [2.24, 2.45) is 4.99 Å². The molecule has 3 heterocycles. The first-order valence-electron chi connectivity index (χ1n) is 9.15. The van der Waals surface area contributed by atoms with Crippen LogP contribution in [0.3, 0.4) is 0 Å². The molecule has 0 bridgehead atoms. The van der Waals surface area contributed by atoms with Gasteiger partial charge in [-0.3, -0.25) is 14.7 Å². The van der Waals surface area contributed by atoms with Crippen LogP contribution in [0.5, 0.6) is 0 Å².